The number of carboxylic acid groups (broad SMARTS) is 1. The first-order chi connectivity index (χ1) is 16.1. The number of aromatic nitrogens is 1. The molecule has 10 nitrogen and oxygen atoms in total. The molecule has 11 heteroatoms. The van der Waals surface area contributed by atoms with Crippen LogP contribution in [0.5, 0.6) is 0 Å². The molecule has 34 heavy (non-hydrogen) atoms. The Bertz CT molecular complexity index is 1210. The lowest BCUT2D eigenvalue weighted by Crippen LogP contribution is -2.50. The molecule has 0 bridgehead atoms. The summed E-state index contributed by atoms with van der Waals surface area (Å²) in [4.78, 5) is 15.6. The van der Waals surface area contributed by atoms with Gasteiger partial charge in [-0.1, -0.05) is 44.2 Å². The number of carbonyl (C=O) groups is 1. The minimum absolute atomic E-state index is 0.00236. The van der Waals surface area contributed by atoms with Crippen molar-refractivity contribution in [2.75, 3.05) is 25.5 Å². The highest BCUT2D eigenvalue weighted by atomic mass is 32.2. The van der Waals surface area contributed by atoms with Crippen LogP contribution in [0.15, 0.2) is 57.8 Å². The summed E-state index contributed by atoms with van der Waals surface area (Å²) < 4.78 is 33.7. The predicted molar refractivity (Wildman–Crippen MR) is 128 cm³/mol. The third-order valence-electron chi connectivity index (χ3n) is 5.24. The van der Waals surface area contributed by atoms with Gasteiger partial charge in [0.05, 0.1) is 17.0 Å². The molecule has 0 saturated carbocycles. The van der Waals surface area contributed by atoms with Crippen molar-refractivity contribution in [1.82, 2.24) is 14.6 Å². The number of benzene rings is 2. The van der Waals surface area contributed by atoms with Crippen LogP contribution < -0.4 is 10.6 Å². The molecular weight excluding hydrogens is 460 g/mol. The molecule has 0 spiro atoms. The number of oxazole rings is 1. The number of hydrogen-bond acceptors (Lipinski definition) is 7. The maximum absolute atomic E-state index is 13.5. The summed E-state index contributed by atoms with van der Waals surface area (Å²) in [7, 11) is -2.38. The zero-order valence-electron chi connectivity index (χ0n) is 19.3. The molecule has 3 aromatic rings. The Morgan fingerprint density at radius 1 is 1.15 bits per heavy atom. The largest absolute Gasteiger partial charge is 0.465 e. The summed E-state index contributed by atoms with van der Waals surface area (Å²) in [5.74, 6) is -0.0353. The monoisotopic (exact) mass is 490 g/mol. The number of aliphatic hydroxyl groups excluding tert-OH is 1. The van der Waals surface area contributed by atoms with Gasteiger partial charge in [-0.05, 0) is 30.0 Å². The fourth-order valence-electron chi connectivity index (χ4n) is 3.65. The van der Waals surface area contributed by atoms with Crippen molar-refractivity contribution in [2.45, 2.75) is 37.3 Å². The van der Waals surface area contributed by atoms with Crippen molar-refractivity contribution in [1.29, 1.82) is 0 Å². The van der Waals surface area contributed by atoms with E-state index in [1.165, 1.54) is 16.4 Å². The fourth-order valence-corrected chi connectivity index (χ4v) is 5.28. The zero-order chi connectivity index (χ0) is 24.9. The lowest BCUT2D eigenvalue weighted by atomic mass is 10.0. The van der Waals surface area contributed by atoms with Crippen molar-refractivity contribution in [3.05, 3.63) is 54.1 Å². The SMILES string of the molecule is CNc1nc2ccc(S(=O)(=O)N(CC(C)C)CC(O)C(Cc3ccccc3)NC(=O)O)cc2o1. The van der Waals surface area contributed by atoms with Gasteiger partial charge in [-0.3, -0.25) is 0 Å². The fraction of sp³-hybridized carbons (Fsp3) is 0.391. The van der Waals surface area contributed by atoms with Crippen LogP contribution in [-0.4, -0.2) is 66.3 Å². The van der Waals surface area contributed by atoms with Gasteiger partial charge < -0.3 is 25.3 Å². The second-order valence-electron chi connectivity index (χ2n) is 8.43. The van der Waals surface area contributed by atoms with Crippen LogP contribution in [0.25, 0.3) is 11.1 Å². The predicted octanol–water partition coefficient (Wildman–Crippen LogP) is 2.76. The van der Waals surface area contributed by atoms with Crippen LogP contribution in [0.1, 0.15) is 19.4 Å². The minimum atomic E-state index is -4.03. The molecule has 1 heterocycles. The second kappa shape index (κ2) is 10.9. The molecule has 2 atom stereocenters. The number of sulfonamides is 1. The Balaban J connectivity index is 1.89. The van der Waals surface area contributed by atoms with E-state index in [0.29, 0.717) is 11.1 Å². The summed E-state index contributed by atoms with van der Waals surface area (Å²) >= 11 is 0. The standard InChI is InChI=1S/C23H30N4O6S/c1-15(2)13-27(14-20(28)19(26-23(29)30)11-16-7-5-4-6-8-16)34(31,32)17-9-10-18-21(12-17)33-22(24-3)25-18/h4-10,12,15,19-20,26,28H,11,13-14H2,1-3H3,(H,24,25)(H,29,30). The number of amides is 1. The number of hydrogen-bond donors (Lipinski definition) is 4. The van der Waals surface area contributed by atoms with Gasteiger partial charge in [-0.25, -0.2) is 13.2 Å². The Morgan fingerprint density at radius 2 is 1.85 bits per heavy atom. The number of nitrogens with zero attached hydrogens (tertiary/aromatic N) is 2. The summed E-state index contributed by atoms with van der Waals surface area (Å²) in [6.45, 7) is 3.59. The highest BCUT2D eigenvalue weighted by Crippen LogP contribution is 2.25. The Morgan fingerprint density at radius 3 is 2.47 bits per heavy atom. The molecule has 1 aromatic heterocycles. The molecule has 0 fully saturated rings. The van der Waals surface area contributed by atoms with Crippen molar-refractivity contribution < 1.29 is 27.8 Å². The summed E-state index contributed by atoms with van der Waals surface area (Å²) in [5, 5.41) is 25.3. The van der Waals surface area contributed by atoms with Gasteiger partial charge in [0.25, 0.3) is 6.01 Å². The third-order valence-corrected chi connectivity index (χ3v) is 7.07. The molecule has 0 radical (unpaired) electrons. The quantitative estimate of drug-likeness (QED) is 0.321. The van der Waals surface area contributed by atoms with Crippen molar-refractivity contribution in [3.63, 3.8) is 0 Å². The van der Waals surface area contributed by atoms with E-state index in [-0.39, 0.29) is 36.3 Å². The van der Waals surface area contributed by atoms with E-state index in [4.69, 9.17) is 4.42 Å². The maximum atomic E-state index is 13.5. The van der Waals surface area contributed by atoms with Crippen LogP contribution in [0.3, 0.4) is 0 Å². The zero-order valence-corrected chi connectivity index (χ0v) is 20.1. The minimum Gasteiger partial charge on any atom is -0.465 e. The van der Waals surface area contributed by atoms with E-state index in [9.17, 15) is 23.4 Å². The van der Waals surface area contributed by atoms with E-state index in [2.05, 4.69) is 15.6 Å². The van der Waals surface area contributed by atoms with Gasteiger partial charge in [0.1, 0.15) is 5.52 Å². The van der Waals surface area contributed by atoms with Crippen molar-refractivity contribution in [2.24, 2.45) is 5.92 Å². The van der Waals surface area contributed by atoms with Crippen molar-refractivity contribution >= 4 is 33.2 Å². The second-order valence-corrected chi connectivity index (χ2v) is 10.4. The molecule has 0 saturated heterocycles. The average molecular weight is 491 g/mol. The van der Waals surface area contributed by atoms with Crippen molar-refractivity contribution in [3.8, 4) is 0 Å². The van der Waals surface area contributed by atoms with Gasteiger partial charge in [0, 0.05) is 26.2 Å². The molecule has 1 amide bonds. The average Bonchev–Trinajstić information content (AvgIpc) is 3.21. The number of fused-ring (bicyclic) bond motifs is 1. The molecule has 0 aliphatic rings. The van der Waals surface area contributed by atoms with E-state index in [1.54, 1.807) is 13.1 Å². The molecule has 0 aliphatic carbocycles. The first kappa shape index (κ1) is 25.5. The Hall–Kier alpha value is -3.15. The highest BCUT2D eigenvalue weighted by molar-refractivity contribution is 7.89. The van der Waals surface area contributed by atoms with Crippen LogP contribution in [0.4, 0.5) is 10.8 Å². The molecule has 2 unspecified atom stereocenters. The van der Waals surface area contributed by atoms with Gasteiger partial charge in [0.15, 0.2) is 5.58 Å². The normalized spacial score (nSPS) is 13.8. The van der Waals surface area contributed by atoms with E-state index >= 15 is 0 Å². The molecule has 4 N–H and O–H groups in total. The van der Waals surface area contributed by atoms with Crippen LogP contribution in [-0.2, 0) is 16.4 Å². The van der Waals surface area contributed by atoms with E-state index < -0.39 is 28.3 Å². The van der Waals surface area contributed by atoms with Gasteiger partial charge in [-0.2, -0.15) is 9.29 Å². The summed E-state index contributed by atoms with van der Waals surface area (Å²) in [6.07, 6.45) is -2.37. The molecular formula is C23H30N4O6S. The molecule has 3 rings (SSSR count). The van der Waals surface area contributed by atoms with Crippen LogP contribution in [0, 0.1) is 5.92 Å². The van der Waals surface area contributed by atoms with Gasteiger partial charge in [0.2, 0.25) is 10.0 Å². The highest BCUT2D eigenvalue weighted by Gasteiger charge is 2.31. The van der Waals surface area contributed by atoms with E-state index in [1.807, 2.05) is 44.2 Å². The molecule has 184 valence electrons. The maximum Gasteiger partial charge on any atom is 0.404 e. The lowest BCUT2D eigenvalue weighted by molar-refractivity contribution is 0.0980. The summed E-state index contributed by atoms with van der Waals surface area (Å²) in [6, 6.07) is 12.9. The number of nitrogens with one attached hydrogen (secondary N) is 2. The Labute approximate surface area is 198 Å². The lowest BCUT2D eigenvalue weighted by Gasteiger charge is -2.30. The number of rotatable bonds is 11. The third kappa shape index (κ3) is 6.25. The molecule has 0 aliphatic heterocycles. The number of aliphatic hydroxyl groups is 1. The topological polar surface area (TPSA) is 145 Å². The Kier molecular flexibility index (Phi) is 8.13. The molecule has 2 aromatic carbocycles. The smallest absolute Gasteiger partial charge is 0.404 e. The van der Waals surface area contributed by atoms with Gasteiger partial charge >= 0.3 is 6.09 Å². The first-order valence-corrected chi connectivity index (χ1v) is 12.3. The van der Waals surface area contributed by atoms with Crippen LogP contribution >= 0.6 is 0 Å². The first-order valence-electron chi connectivity index (χ1n) is 10.9. The van der Waals surface area contributed by atoms with Gasteiger partial charge in [-0.15, -0.1) is 0 Å². The number of anilines is 1. The van der Waals surface area contributed by atoms with E-state index in [0.717, 1.165) is 5.56 Å². The van der Waals surface area contributed by atoms with Crippen LogP contribution in [0.2, 0.25) is 0 Å². The summed E-state index contributed by atoms with van der Waals surface area (Å²) in [5.41, 5.74) is 1.63.